The first kappa shape index (κ1) is 16.5. The van der Waals surface area contributed by atoms with E-state index in [2.05, 4.69) is 15.3 Å². The van der Waals surface area contributed by atoms with Gasteiger partial charge in [-0.3, -0.25) is 4.79 Å². The Morgan fingerprint density at radius 3 is 2.64 bits per heavy atom. The quantitative estimate of drug-likeness (QED) is 0.898. The highest BCUT2D eigenvalue weighted by molar-refractivity contribution is 8.14. The molecule has 1 amide bonds. The third-order valence-electron chi connectivity index (χ3n) is 2.83. The summed E-state index contributed by atoms with van der Waals surface area (Å²) >= 11 is 1.06. The van der Waals surface area contributed by atoms with Gasteiger partial charge in [0.25, 0.3) is 11.6 Å². The van der Waals surface area contributed by atoms with Crippen molar-refractivity contribution < 1.29 is 27.4 Å². The number of hydrogen-bond donors (Lipinski definition) is 1. The molecule has 2 atom stereocenters. The third-order valence-corrected chi connectivity index (χ3v) is 3.72. The van der Waals surface area contributed by atoms with Crippen LogP contribution in [0.4, 0.5) is 18.0 Å². The maximum atomic E-state index is 13.0. The summed E-state index contributed by atoms with van der Waals surface area (Å²) in [7, 11) is 1.31. The van der Waals surface area contributed by atoms with Gasteiger partial charge in [0.1, 0.15) is 0 Å². The number of hydrogen-bond acceptors (Lipinski definition) is 5. The summed E-state index contributed by atoms with van der Waals surface area (Å²) in [6.45, 7) is 1.80. The molecule has 1 aromatic rings. The molecule has 1 aromatic carbocycles. The number of hydrazone groups is 1. The molecule has 0 saturated heterocycles. The van der Waals surface area contributed by atoms with Crippen molar-refractivity contribution in [1.29, 1.82) is 0 Å². The first-order chi connectivity index (χ1) is 10.4. The summed E-state index contributed by atoms with van der Waals surface area (Å²) in [4.78, 5) is 11.2. The molecule has 2 unspecified atom stereocenters. The molecular formula is C13H13F3N2O3S. The summed E-state index contributed by atoms with van der Waals surface area (Å²) in [6, 6.07) is 4.34. The fourth-order valence-electron chi connectivity index (χ4n) is 1.84. The lowest BCUT2D eigenvalue weighted by atomic mass is 10.1. The van der Waals surface area contributed by atoms with Crippen LogP contribution in [0.2, 0.25) is 0 Å². The molecular weight excluding hydrogens is 321 g/mol. The Morgan fingerprint density at radius 2 is 2.05 bits per heavy atom. The molecule has 0 aliphatic carbocycles. The Bertz CT molecular complexity index is 598. The van der Waals surface area contributed by atoms with E-state index in [9.17, 15) is 18.0 Å². The molecule has 1 N–H and O–H groups in total. The summed E-state index contributed by atoms with van der Waals surface area (Å²) in [5, 5.41) is 3.50. The van der Waals surface area contributed by atoms with E-state index in [4.69, 9.17) is 4.74 Å². The molecule has 5 nitrogen and oxygen atoms in total. The van der Waals surface area contributed by atoms with E-state index >= 15 is 0 Å². The molecule has 120 valence electrons. The fraction of sp³-hybridized carbons (Fsp3) is 0.385. The minimum absolute atomic E-state index is 0.0950. The van der Waals surface area contributed by atoms with E-state index in [0.29, 0.717) is 11.3 Å². The minimum Gasteiger partial charge on any atom is -0.493 e. The first-order valence-electron chi connectivity index (χ1n) is 6.24. The first-order valence-corrected chi connectivity index (χ1v) is 7.12. The van der Waals surface area contributed by atoms with Gasteiger partial charge in [-0.15, -0.1) is 0 Å². The number of nitrogens with zero attached hydrogens (tertiary/aromatic N) is 1. The molecule has 0 radical (unpaired) electrons. The normalized spacial score (nSPS) is 19.5. The second-order valence-electron chi connectivity index (χ2n) is 4.33. The van der Waals surface area contributed by atoms with Crippen molar-refractivity contribution in [3.8, 4) is 11.5 Å². The van der Waals surface area contributed by atoms with Crippen LogP contribution in [0.25, 0.3) is 0 Å². The van der Waals surface area contributed by atoms with Crippen molar-refractivity contribution >= 4 is 22.7 Å². The van der Waals surface area contributed by atoms with E-state index in [1.54, 1.807) is 6.92 Å². The predicted molar refractivity (Wildman–Crippen MR) is 76.6 cm³/mol. The number of rotatable bonds is 5. The van der Waals surface area contributed by atoms with Crippen LogP contribution in [0.1, 0.15) is 12.5 Å². The molecule has 1 heterocycles. The number of nitrogens with one attached hydrogen (secondary N) is 1. The number of carbonyl (C=O) groups excluding carboxylic acids is 1. The van der Waals surface area contributed by atoms with Gasteiger partial charge in [-0.05, 0) is 25.1 Å². The SMILES string of the molecule is COc1cc(C2=NNC(=O)SC2C)ccc1OC(F)C(F)F. The number of amides is 1. The lowest BCUT2D eigenvalue weighted by Gasteiger charge is -2.20. The lowest BCUT2D eigenvalue weighted by Crippen LogP contribution is -2.29. The highest BCUT2D eigenvalue weighted by Crippen LogP contribution is 2.32. The molecule has 0 spiro atoms. The summed E-state index contributed by atoms with van der Waals surface area (Å²) < 4.78 is 47.0. The molecule has 0 fully saturated rings. The number of carbonyl (C=O) groups is 1. The van der Waals surface area contributed by atoms with Gasteiger partial charge in [-0.2, -0.15) is 9.49 Å². The standard InChI is InChI=1S/C13H13F3N2O3S/c1-6-10(17-18-13(19)22-6)7-3-4-8(9(5-7)20-2)21-12(16)11(14)15/h3-6,11-12H,1-2H3,(H,18,19). The molecule has 1 aliphatic rings. The Morgan fingerprint density at radius 1 is 1.32 bits per heavy atom. The van der Waals surface area contributed by atoms with Gasteiger partial charge < -0.3 is 9.47 Å². The van der Waals surface area contributed by atoms with Gasteiger partial charge >= 0.3 is 6.43 Å². The van der Waals surface area contributed by atoms with E-state index in [-0.39, 0.29) is 22.0 Å². The molecule has 2 rings (SSSR count). The molecule has 9 heteroatoms. The number of alkyl halides is 3. The molecule has 0 bridgehead atoms. The van der Waals surface area contributed by atoms with Crippen LogP contribution in [0.5, 0.6) is 11.5 Å². The topological polar surface area (TPSA) is 59.9 Å². The van der Waals surface area contributed by atoms with Crippen molar-refractivity contribution in [2.45, 2.75) is 25.0 Å². The van der Waals surface area contributed by atoms with Gasteiger partial charge in [-0.25, -0.2) is 14.2 Å². The Kier molecular flexibility index (Phi) is 5.17. The van der Waals surface area contributed by atoms with Crippen LogP contribution in [0.3, 0.4) is 0 Å². The van der Waals surface area contributed by atoms with E-state index in [1.165, 1.54) is 25.3 Å². The molecule has 0 aromatic heterocycles. The maximum Gasteiger partial charge on any atom is 0.304 e. The molecule has 22 heavy (non-hydrogen) atoms. The zero-order valence-corrected chi connectivity index (χ0v) is 12.5. The van der Waals surface area contributed by atoms with Crippen LogP contribution < -0.4 is 14.9 Å². The summed E-state index contributed by atoms with van der Waals surface area (Å²) in [5.41, 5.74) is 3.53. The monoisotopic (exact) mass is 334 g/mol. The van der Waals surface area contributed by atoms with E-state index in [1.807, 2.05) is 0 Å². The fourth-order valence-corrected chi connectivity index (χ4v) is 2.56. The van der Waals surface area contributed by atoms with Crippen LogP contribution in [-0.2, 0) is 0 Å². The summed E-state index contributed by atoms with van der Waals surface area (Å²) in [5.74, 6) is -0.0441. The van der Waals surface area contributed by atoms with Crippen LogP contribution >= 0.6 is 11.8 Å². The highest BCUT2D eigenvalue weighted by Gasteiger charge is 2.25. The van der Waals surface area contributed by atoms with Crippen LogP contribution in [0, 0.1) is 0 Å². The van der Waals surface area contributed by atoms with Gasteiger partial charge in [0.05, 0.1) is 18.1 Å². The number of halogens is 3. The molecule has 0 saturated carbocycles. The van der Waals surface area contributed by atoms with Gasteiger partial charge in [0.2, 0.25) is 0 Å². The number of benzene rings is 1. The van der Waals surface area contributed by atoms with E-state index in [0.717, 1.165) is 11.8 Å². The lowest BCUT2D eigenvalue weighted by molar-refractivity contribution is -0.0677. The zero-order valence-electron chi connectivity index (χ0n) is 11.7. The van der Waals surface area contributed by atoms with Crippen molar-refractivity contribution in [3.63, 3.8) is 0 Å². The third kappa shape index (κ3) is 3.65. The van der Waals surface area contributed by atoms with Crippen LogP contribution in [-0.4, -0.2) is 36.1 Å². The van der Waals surface area contributed by atoms with E-state index < -0.39 is 12.8 Å². The number of methoxy groups -OCH3 is 1. The van der Waals surface area contributed by atoms with Gasteiger partial charge in [-0.1, -0.05) is 11.8 Å². The van der Waals surface area contributed by atoms with Crippen molar-refractivity contribution in [2.75, 3.05) is 7.11 Å². The van der Waals surface area contributed by atoms with Crippen molar-refractivity contribution in [3.05, 3.63) is 23.8 Å². The zero-order chi connectivity index (χ0) is 16.3. The van der Waals surface area contributed by atoms with Gasteiger partial charge in [0.15, 0.2) is 11.5 Å². The Balaban J connectivity index is 2.27. The van der Waals surface area contributed by atoms with Gasteiger partial charge in [0, 0.05) is 5.56 Å². The Labute approximate surface area is 128 Å². The Hall–Kier alpha value is -1.90. The van der Waals surface area contributed by atoms with Crippen LogP contribution in [0.15, 0.2) is 23.3 Å². The molecule has 1 aliphatic heterocycles. The summed E-state index contributed by atoms with van der Waals surface area (Å²) in [6.07, 6.45) is -5.99. The average Bonchev–Trinajstić information content (AvgIpc) is 2.47. The van der Waals surface area contributed by atoms with Crippen molar-refractivity contribution in [2.24, 2.45) is 5.10 Å². The minimum atomic E-state index is -3.25. The smallest absolute Gasteiger partial charge is 0.304 e. The van der Waals surface area contributed by atoms with Crippen molar-refractivity contribution in [1.82, 2.24) is 5.43 Å². The predicted octanol–water partition coefficient (Wildman–Crippen LogP) is 3.18. The average molecular weight is 334 g/mol. The largest absolute Gasteiger partial charge is 0.493 e. The second kappa shape index (κ2) is 6.91. The second-order valence-corrected chi connectivity index (χ2v) is 5.64. The number of thioether (sulfide) groups is 1. The maximum absolute atomic E-state index is 13.0. The number of ether oxygens (including phenoxy) is 2. The highest BCUT2D eigenvalue weighted by atomic mass is 32.2.